The van der Waals surface area contributed by atoms with Crippen LogP contribution in [0.4, 0.5) is 17.1 Å². The van der Waals surface area contributed by atoms with E-state index in [-0.39, 0.29) is 0 Å². The Bertz CT molecular complexity index is 3810. The van der Waals surface area contributed by atoms with Crippen molar-refractivity contribution in [3.63, 3.8) is 0 Å². The molecule has 0 radical (unpaired) electrons. The zero-order valence-electron chi connectivity index (χ0n) is 37.3. The largest absolute Gasteiger partial charge is 0.456 e. The van der Waals surface area contributed by atoms with E-state index in [1.54, 1.807) is 0 Å². The Morgan fingerprint density at radius 2 is 1.01 bits per heavy atom. The number of hydrogen-bond acceptors (Lipinski definition) is 2. The molecule has 0 aliphatic heterocycles. The number of benzene rings is 10. The summed E-state index contributed by atoms with van der Waals surface area (Å²) in [5.74, 6) is 0.554. The van der Waals surface area contributed by atoms with Crippen molar-refractivity contribution in [3.8, 4) is 39.1 Å². The third-order valence-corrected chi connectivity index (χ3v) is 14.4. The summed E-state index contributed by atoms with van der Waals surface area (Å²) in [5.41, 5.74) is 17.2. The van der Waals surface area contributed by atoms with Crippen molar-refractivity contribution in [2.24, 2.45) is 0 Å². The van der Waals surface area contributed by atoms with Crippen LogP contribution in [0.15, 0.2) is 229 Å². The normalized spacial score (nSPS) is 13.3. The molecule has 67 heavy (non-hydrogen) atoms. The van der Waals surface area contributed by atoms with Crippen LogP contribution in [-0.2, 0) is 0 Å². The molecule has 0 unspecified atom stereocenters. The van der Waals surface area contributed by atoms with Gasteiger partial charge in [-0.15, -0.1) is 0 Å². The summed E-state index contributed by atoms with van der Waals surface area (Å²) in [6.45, 7) is 0. The fourth-order valence-corrected chi connectivity index (χ4v) is 11.5. The molecular weight excluding hydrogens is 813 g/mol. The summed E-state index contributed by atoms with van der Waals surface area (Å²) < 4.78 is 8.89. The molecule has 13 rings (SSSR count). The average Bonchev–Trinajstić information content (AvgIpc) is 3.96. The van der Waals surface area contributed by atoms with E-state index < -0.39 is 0 Å². The molecule has 320 valence electrons. The lowest BCUT2D eigenvalue weighted by Crippen LogP contribution is -2.13. The van der Waals surface area contributed by atoms with Gasteiger partial charge in [-0.2, -0.15) is 0 Å². The summed E-state index contributed by atoms with van der Waals surface area (Å²) >= 11 is 0. The van der Waals surface area contributed by atoms with Crippen LogP contribution in [0, 0.1) is 0 Å². The summed E-state index contributed by atoms with van der Waals surface area (Å²) in [6.07, 6.45) is 6.39. The Morgan fingerprint density at radius 1 is 0.418 bits per heavy atom. The topological polar surface area (TPSA) is 21.3 Å². The maximum Gasteiger partial charge on any atom is 0.136 e. The zero-order chi connectivity index (χ0) is 44.3. The smallest absolute Gasteiger partial charge is 0.136 e. The minimum absolute atomic E-state index is 0.554. The van der Waals surface area contributed by atoms with Gasteiger partial charge < -0.3 is 13.9 Å². The van der Waals surface area contributed by atoms with Crippen molar-refractivity contribution in [3.05, 3.63) is 230 Å². The number of rotatable bonds is 8. The Kier molecular flexibility index (Phi) is 9.60. The van der Waals surface area contributed by atoms with Gasteiger partial charge in [0, 0.05) is 49.6 Å². The number of fused-ring (bicyclic) bond motifs is 7. The predicted octanol–water partition coefficient (Wildman–Crippen LogP) is 18.4. The number of nitrogens with zero attached hydrogens (tertiary/aromatic N) is 2. The van der Waals surface area contributed by atoms with E-state index >= 15 is 0 Å². The minimum atomic E-state index is 0.554. The molecule has 3 heteroatoms. The molecule has 12 aromatic rings. The highest BCUT2D eigenvalue weighted by Crippen LogP contribution is 2.50. The van der Waals surface area contributed by atoms with Crippen LogP contribution in [0.25, 0.3) is 93.6 Å². The highest BCUT2D eigenvalue weighted by molar-refractivity contribution is 6.16. The van der Waals surface area contributed by atoms with Gasteiger partial charge in [0.1, 0.15) is 11.2 Å². The van der Waals surface area contributed by atoms with Gasteiger partial charge in [-0.25, -0.2) is 0 Å². The minimum Gasteiger partial charge on any atom is -0.456 e. The Morgan fingerprint density at radius 3 is 1.85 bits per heavy atom. The number of hydrogen-bond donors (Lipinski definition) is 0. The lowest BCUT2D eigenvalue weighted by Gasteiger charge is -2.31. The van der Waals surface area contributed by atoms with Crippen LogP contribution in [0.1, 0.15) is 43.6 Å². The van der Waals surface area contributed by atoms with Crippen molar-refractivity contribution in [1.29, 1.82) is 0 Å². The highest BCUT2D eigenvalue weighted by atomic mass is 16.3. The second-order valence-electron chi connectivity index (χ2n) is 18.2. The van der Waals surface area contributed by atoms with E-state index in [9.17, 15) is 0 Å². The van der Waals surface area contributed by atoms with Crippen LogP contribution in [0.3, 0.4) is 0 Å². The van der Waals surface area contributed by atoms with Crippen molar-refractivity contribution < 1.29 is 4.42 Å². The summed E-state index contributed by atoms with van der Waals surface area (Å²) in [6, 6.07) is 82.4. The molecule has 1 fully saturated rings. The Hall–Kier alpha value is -8.14. The van der Waals surface area contributed by atoms with Crippen LogP contribution in [-0.4, -0.2) is 4.57 Å². The van der Waals surface area contributed by atoms with Crippen LogP contribution >= 0.6 is 0 Å². The maximum absolute atomic E-state index is 6.43. The van der Waals surface area contributed by atoms with Gasteiger partial charge in [0.25, 0.3) is 0 Å². The molecule has 3 nitrogen and oxygen atoms in total. The molecule has 0 bridgehead atoms. The SMILES string of the molecule is c1ccc(-n2c3ccccc3c3cccc(-c4ccccc4N(c4cccc(-c5cccc6oc7ccccc7c56)c4)c4ccccc4-c4cccc5cccc(C6CCCCC6)c45)c32)cc1. The third kappa shape index (κ3) is 6.56. The van der Waals surface area contributed by atoms with Gasteiger partial charge in [0.05, 0.1) is 22.4 Å². The van der Waals surface area contributed by atoms with E-state index in [4.69, 9.17) is 4.42 Å². The van der Waals surface area contributed by atoms with Crippen molar-refractivity contribution in [2.75, 3.05) is 4.90 Å². The van der Waals surface area contributed by atoms with Gasteiger partial charge in [0.2, 0.25) is 0 Å². The second-order valence-corrected chi connectivity index (χ2v) is 18.2. The van der Waals surface area contributed by atoms with Gasteiger partial charge in [-0.05, 0) is 106 Å². The molecular formula is C64H48N2O. The molecule has 0 amide bonds. The lowest BCUT2D eigenvalue weighted by molar-refractivity contribution is 0.445. The van der Waals surface area contributed by atoms with Crippen molar-refractivity contribution in [2.45, 2.75) is 38.0 Å². The first-order valence-electron chi connectivity index (χ1n) is 23.9. The first-order valence-corrected chi connectivity index (χ1v) is 23.9. The van der Waals surface area contributed by atoms with Crippen LogP contribution < -0.4 is 4.90 Å². The monoisotopic (exact) mass is 860 g/mol. The highest BCUT2D eigenvalue weighted by Gasteiger charge is 2.26. The Balaban J connectivity index is 1.09. The molecule has 1 aliphatic rings. The van der Waals surface area contributed by atoms with E-state index in [0.717, 1.165) is 61.4 Å². The van der Waals surface area contributed by atoms with Crippen molar-refractivity contribution >= 4 is 71.6 Å². The van der Waals surface area contributed by atoms with E-state index in [1.807, 2.05) is 6.07 Å². The van der Waals surface area contributed by atoms with Gasteiger partial charge in [-0.1, -0.05) is 189 Å². The van der Waals surface area contributed by atoms with E-state index in [1.165, 1.54) is 86.9 Å². The third-order valence-electron chi connectivity index (χ3n) is 14.4. The number of aromatic nitrogens is 1. The molecule has 0 saturated heterocycles. The fraction of sp³-hybridized carbons (Fsp3) is 0.0938. The summed E-state index contributed by atoms with van der Waals surface area (Å²) in [4.78, 5) is 2.53. The first kappa shape index (κ1) is 39.2. The zero-order valence-corrected chi connectivity index (χ0v) is 37.3. The number of furan rings is 1. The molecule has 1 aliphatic carbocycles. The first-order chi connectivity index (χ1) is 33.3. The standard InChI is InChI=1S/C64H48N2O/c1-3-20-43(21-4-1)48-32-16-22-44-23-17-34-53(62(44)48)50-28-7-11-37-57(50)65(47-27-15-24-45(42-47)49-33-19-41-61-63(49)56-31-10-14-40-60(56)67-61)58-38-12-8-29-51(58)54-35-18-36-55-52-30-9-13-39-59(52)66(64(54)55)46-25-5-2-6-26-46/h2,5-19,22-43H,1,3-4,20-21H2. The van der Waals surface area contributed by atoms with E-state index in [2.05, 4.69) is 228 Å². The predicted molar refractivity (Wildman–Crippen MR) is 282 cm³/mol. The van der Waals surface area contributed by atoms with Crippen LogP contribution in [0.5, 0.6) is 0 Å². The van der Waals surface area contributed by atoms with Gasteiger partial charge in [-0.3, -0.25) is 0 Å². The average molecular weight is 861 g/mol. The number of anilines is 3. The number of para-hydroxylation sites is 6. The van der Waals surface area contributed by atoms with Crippen molar-refractivity contribution in [1.82, 2.24) is 4.57 Å². The molecule has 2 aromatic heterocycles. The summed E-state index contributed by atoms with van der Waals surface area (Å²) in [5, 5.41) is 7.40. The van der Waals surface area contributed by atoms with Gasteiger partial charge in [0.15, 0.2) is 0 Å². The maximum atomic E-state index is 6.43. The summed E-state index contributed by atoms with van der Waals surface area (Å²) in [7, 11) is 0. The molecule has 1 saturated carbocycles. The molecule has 10 aromatic carbocycles. The van der Waals surface area contributed by atoms with Crippen LogP contribution in [0.2, 0.25) is 0 Å². The lowest BCUT2D eigenvalue weighted by atomic mass is 9.80. The fourth-order valence-electron chi connectivity index (χ4n) is 11.5. The molecule has 0 atom stereocenters. The molecule has 2 heterocycles. The molecule has 0 N–H and O–H groups in total. The quantitative estimate of drug-likeness (QED) is 0.152. The second kappa shape index (κ2) is 16.4. The van der Waals surface area contributed by atoms with Gasteiger partial charge >= 0.3 is 0 Å². The van der Waals surface area contributed by atoms with E-state index in [0.29, 0.717) is 5.92 Å². The Labute approximate surface area is 390 Å². The molecule has 0 spiro atoms.